The Balaban J connectivity index is 1.84. The van der Waals surface area contributed by atoms with Crippen molar-refractivity contribution in [1.82, 2.24) is 0 Å². The van der Waals surface area contributed by atoms with E-state index in [2.05, 4.69) is 6.07 Å². The van der Waals surface area contributed by atoms with Gasteiger partial charge in [0.25, 0.3) is 0 Å². The molecule has 0 saturated carbocycles. The first kappa shape index (κ1) is 13.9. The number of hydrogen-bond acceptors (Lipinski definition) is 4. The zero-order valence-electron chi connectivity index (χ0n) is 12.5. The van der Waals surface area contributed by atoms with Gasteiger partial charge in [0, 0.05) is 6.42 Å². The summed E-state index contributed by atoms with van der Waals surface area (Å²) in [5.74, 6) is 0.851. The van der Waals surface area contributed by atoms with Crippen LogP contribution in [0, 0.1) is 0 Å². The fourth-order valence-electron chi connectivity index (χ4n) is 2.57. The molecular weight excluding hydrogens is 255 g/mol. The molecular formula is C15H21BO4. The van der Waals surface area contributed by atoms with Crippen molar-refractivity contribution in [3.63, 3.8) is 0 Å². The molecule has 1 unspecified atom stereocenters. The summed E-state index contributed by atoms with van der Waals surface area (Å²) in [6.07, 6.45) is 0.609. The van der Waals surface area contributed by atoms with Crippen molar-refractivity contribution < 1.29 is 19.2 Å². The molecule has 3 rings (SSSR count). The van der Waals surface area contributed by atoms with Gasteiger partial charge in [-0.25, -0.2) is 0 Å². The molecule has 0 bridgehead atoms. The molecule has 1 N–H and O–H groups in total. The van der Waals surface area contributed by atoms with Crippen LogP contribution >= 0.6 is 0 Å². The van der Waals surface area contributed by atoms with E-state index < -0.39 is 0 Å². The van der Waals surface area contributed by atoms with Crippen molar-refractivity contribution in [2.45, 2.75) is 51.4 Å². The van der Waals surface area contributed by atoms with Crippen LogP contribution in [-0.2, 0) is 15.7 Å². The first-order valence-electron chi connectivity index (χ1n) is 7.08. The Morgan fingerprint density at radius 2 is 1.85 bits per heavy atom. The zero-order valence-corrected chi connectivity index (χ0v) is 12.5. The first-order valence-corrected chi connectivity index (χ1v) is 7.08. The van der Waals surface area contributed by atoms with Crippen LogP contribution in [0.15, 0.2) is 18.2 Å². The Bertz CT molecular complexity index is 511. The van der Waals surface area contributed by atoms with E-state index in [-0.39, 0.29) is 31.0 Å². The van der Waals surface area contributed by atoms with E-state index in [4.69, 9.17) is 14.0 Å². The van der Waals surface area contributed by atoms with Gasteiger partial charge < -0.3 is 19.2 Å². The highest BCUT2D eigenvalue weighted by molar-refractivity contribution is 6.62. The number of ether oxygens (including phenoxy) is 1. The molecule has 1 aromatic rings. The minimum absolute atomic E-state index is 0.0422. The lowest BCUT2D eigenvalue weighted by Crippen LogP contribution is -2.41. The monoisotopic (exact) mass is 276 g/mol. The molecule has 108 valence electrons. The van der Waals surface area contributed by atoms with Gasteiger partial charge in [0.05, 0.1) is 17.8 Å². The van der Waals surface area contributed by atoms with Crippen LogP contribution in [0.4, 0.5) is 0 Å². The van der Waals surface area contributed by atoms with Crippen molar-refractivity contribution >= 4 is 12.6 Å². The smallest absolute Gasteiger partial charge is 0.487 e. The SMILES string of the molecule is CC1(C)OB(c2ccc3c(c2)CC(CO)O3)OC1(C)C. The molecule has 0 aliphatic carbocycles. The van der Waals surface area contributed by atoms with E-state index in [1.54, 1.807) is 0 Å². The number of fused-ring (bicyclic) bond motifs is 1. The second kappa shape index (κ2) is 4.48. The molecule has 4 nitrogen and oxygen atoms in total. The molecule has 5 heteroatoms. The van der Waals surface area contributed by atoms with Gasteiger partial charge in [-0.3, -0.25) is 0 Å². The molecule has 1 aromatic carbocycles. The number of aliphatic hydroxyl groups is 1. The molecule has 0 radical (unpaired) electrons. The molecule has 1 atom stereocenters. The van der Waals surface area contributed by atoms with Crippen LogP contribution < -0.4 is 10.2 Å². The fourth-order valence-corrected chi connectivity index (χ4v) is 2.57. The van der Waals surface area contributed by atoms with E-state index in [0.29, 0.717) is 0 Å². The van der Waals surface area contributed by atoms with Gasteiger partial charge in [0.1, 0.15) is 11.9 Å². The van der Waals surface area contributed by atoms with Crippen LogP contribution in [0.1, 0.15) is 33.3 Å². The molecule has 1 saturated heterocycles. The van der Waals surface area contributed by atoms with E-state index in [0.717, 1.165) is 23.2 Å². The third-order valence-corrected chi connectivity index (χ3v) is 4.55. The third kappa shape index (κ3) is 2.14. The molecule has 2 heterocycles. The maximum Gasteiger partial charge on any atom is 0.494 e. The molecule has 20 heavy (non-hydrogen) atoms. The van der Waals surface area contributed by atoms with Gasteiger partial charge in [-0.1, -0.05) is 12.1 Å². The van der Waals surface area contributed by atoms with Crippen LogP contribution in [0.3, 0.4) is 0 Å². The molecule has 2 aliphatic rings. The average Bonchev–Trinajstić information content (AvgIpc) is 2.87. The highest BCUT2D eigenvalue weighted by Gasteiger charge is 2.51. The Morgan fingerprint density at radius 3 is 2.45 bits per heavy atom. The van der Waals surface area contributed by atoms with E-state index in [9.17, 15) is 5.11 Å². The number of rotatable bonds is 2. The third-order valence-electron chi connectivity index (χ3n) is 4.55. The topological polar surface area (TPSA) is 47.9 Å². The molecule has 0 spiro atoms. The summed E-state index contributed by atoms with van der Waals surface area (Å²) in [5, 5.41) is 9.18. The Labute approximate surface area is 120 Å². The highest BCUT2D eigenvalue weighted by atomic mass is 16.7. The summed E-state index contributed by atoms with van der Waals surface area (Å²) < 4.78 is 17.7. The predicted molar refractivity (Wildman–Crippen MR) is 77.4 cm³/mol. The van der Waals surface area contributed by atoms with Gasteiger partial charge >= 0.3 is 7.12 Å². The normalized spacial score (nSPS) is 26.4. The molecule has 1 fully saturated rings. The number of benzene rings is 1. The average molecular weight is 276 g/mol. The van der Waals surface area contributed by atoms with Gasteiger partial charge in [0.15, 0.2) is 0 Å². The lowest BCUT2D eigenvalue weighted by atomic mass is 9.78. The van der Waals surface area contributed by atoms with Crippen LogP contribution in [0.5, 0.6) is 5.75 Å². The van der Waals surface area contributed by atoms with Crippen LogP contribution in [0.2, 0.25) is 0 Å². The minimum Gasteiger partial charge on any atom is -0.487 e. The van der Waals surface area contributed by atoms with Crippen molar-refractivity contribution in [2.24, 2.45) is 0 Å². The van der Waals surface area contributed by atoms with Crippen molar-refractivity contribution in [3.05, 3.63) is 23.8 Å². The Hall–Kier alpha value is -1.04. The molecule has 0 amide bonds. The van der Waals surface area contributed by atoms with E-state index in [1.807, 2.05) is 39.8 Å². The van der Waals surface area contributed by atoms with Crippen molar-refractivity contribution in [3.8, 4) is 5.75 Å². The summed E-state index contributed by atoms with van der Waals surface area (Å²) in [6.45, 7) is 8.23. The Morgan fingerprint density at radius 1 is 1.20 bits per heavy atom. The molecule has 0 aromatic heterocycles. The fraction of sp³-hybridized carbons (Fsp3) is 0.600. The number of hydrogen-bond donors (Lipinski definition) is 1. The van der Waals surface area contributed by atoms with Gasteiger partial charge in [-0.2, -0.15) is 0 Å². The van der Waals surface area contributed by atoms with Gasteiger partial charge in [-0.15, -0.1) is 0 Å². The Kier molecular flexibility index (Phi) is 3.12. The second-order valence-corrected chi connectivity index (χ2v) is 6.58. The summed E-state index contributed by atoms with van der Waals surface area (Å²) >= 11 is 0. The maximum atomic E-state index is 9.18. The summed E-state index contributed by atoms with van der Waals surface area (Å²) in [7, 11) is -0.349. The number of aliphatic hydroxyl groups excluding tert-OH is 1. The van der Waals surface area contributed by atoms with Crippen LogP contribution in [0.25, 0.3) is 0 Å². The lowest BCUT2D eigenvalue weighted by Gasteiger charge is -2.32. The maximum absolute atomic E-state index is 9.18. The van der Waals surface area contributed by atoms with Crippen LogP contribution in [-0.4, -0.2) is 36.1 Å². The van der Waals surface area contributed by atoms with Gasteiger partial charge in [0.2, 0.25) is 0 Å². The minimum atomic E-state index is -0.349. The quantitative estimate of drug-likeness (QED) is 0.827. The van der Waals surface area contributed by atoms with E-state index >= 15 is 0 Å². The largest absolute Gasteiger partial charge is 0.494 e. The molecule has 2 aliphatic heterocycles. The first-order chi connectivity index (χ1) is 9.32. The second-order valence-electron chi connectivity index (χ2n) is 6.58. The summed E-state index contributed by atoms with van der Waals surface area (Å²) in [5.41, 5.74) is 1.45. The lowest BCUT2D eigenvalue weighted by molar-refractivity contribution is 0.00578. The summed E-state index contributed by atoms with van der Waals surface area (Å²) in [6, 6.07) is 5.97. The van der Waals surface area contributed by atoms with E-state index in [1.165, 1.54) is 0 Å². The highest BCUT2D eigenvalue weighted by Crippen LogP contribution is 2.37. The zero-order chi connectivity index (χ0) is 14.5. The predicted octanol–water partition coefficient (Wildman–Crippen LogP) is 1.28. The van der Waals surface area contributed by atoms with Gasteiger partial charge in [-0.05, 0) is 44.8 Å². The standard InChI is InChI=1S/C15H21BO4/c1-14(2)15(3,4)20-16(19-14)11-5-6-13-10(7-11)8-12(9-17)18-13/h5-7,12,17H,8-9H2,1-4H3. The van der Waals surface area contributed by atoms with Crippen molar-refractivity contribution in [2.75, 3.05) is 6.61 Å². The van der Waals surface area contributed by atoms with Crippen molar-refractivity contribution in [1.29, 1.82) is 0 Å². The summed E-state index contributed by atoms with van der Waals surface area (Å²) in [4.78, 5) is 0.